The first-order valence-corrected chi connectivity index (χ1v) is 6.03. The average Bonchev–Trinajstić information content (AvgIpc) is 3.00. The second kappa shape index (κ2) is 4.35. The lowest BCUT2D eigenvalue weighted by molar-refractivity contribution is 0.671. The molecule has 0 radical (unpaired) electrons. The maximum Gasteiger partial charge on any atom is 0.0669 e. The van der Waals surface area contributed by atoms with E-state index in [2.05, 4.69) is 31.3 Å². The van der Waals surface area contributed by atoms with Crippen molar-refractivity contribution < 1.29 is 0 Å². The number of aromatic nitrogens is 2. The van der Waals surface area contributed by atoms with Gasteiger partial charge in [-0.25, -0.2) is 0 Å². The molecular weight excluding hydrogens is 186 g/mol. The van der Waals surface area contributed by atoms with Crippen molar-refractivity contribution in [3.05, 3.63) is 17.0 Å². The molecule has 0 unspecified atom stereocenters. The van der Waals surface area contributed by atoms with Gasteiger partial charge in [-0.05, 0) is 25.7 Å². The SMILES string of the molecule is CCc1nn(C)c(CC)c1CNC1CC1. The molecule has 0 bridgehead atoms. The van der Waals surface area contributed by atoms with Crippen molar-refractivity contribution in [3.8, 4) is 0 Å². The topological polar surface area (TPSA) is 29.9 Å². The van der Waals surface area contributed by atoms with Gasteiger partial charge in [0.15, 0.2) is 0 Å². The molecule has 1 aliphatic rings. The van der Waals surface area contributed by atoms with E-state index in [1.54, 1.807) is 0 Å². The summed E-state index contributed by atoms with van der Waals surface area (Å²) >= 11 is 0. The molecule has 15 heavy (non-hydrogen) atoms. The van der Waals surface area contributed by atoms with E-state index in [0.717, 1.165) is 25.4 Å². The smallest absolute Gasteiger partial charge is 0.0669 e. The van der Waals surface area contributed by atoms with Gasteiger partial charge in [0.2, 0.25) is 0 Å². The van der Waals surface area contributed by atoms with Crippen LogP contribution in [0.25, 0.3) is 0 Å². The number of hydrogen-bond acceptors (Lipinski definition) is 2. The first-order chi connectivity index (χ1) is 7.26. The van der Waals surface area contributed by atoms with Gasteiger partial charge in [-0.2, -0.15) is 5.10 Å². The number of aryl methyl sites for hydroxylation is 2. The molecule has 1 fully saturated rings. The molecule has 1 aromatic heterocycles. The third-order valence-electron chi connectivity index (χ3n) is 3.17. The van der Waals surface area contributed by atoms with Crippen molar-refractivity contribution in [2.45, 2.75) is 52.1 Å². The van der Waals surface area contributed by atoms with Crippen LogP contribution in [0, 0.1) is 0 Å². The van der Waals surface area contributed by atoms with Gasteiger partial charge >= 0.3 is 0 Å². The van der Waals surface area contributed by atoms with Crippen molar-refractivity contribution in [1.29, 1.82) is 0 Å². The van der Waals surface area contributed by atoms with Crippen LogP contribution in [0.15, 0.2) is 0 Å². The Balaban J connectivity index is 2.15. The molecule has 1 heterocycles. The van der Waals surface area contributed by atoms with Crippen LogP contribution >= 0.6 is 0 Å². The van der Waals surface area contributed by atoms with Gasteiger partial charge in [0.1, 0.15) is 0 Å². The Morgan fingerprint density at radius 3 is 2.60 bits per heavy atom. The summed E-state index contributed by atoms with van der Waals surface area (Å²) in [5, 5.41) is 8.16. The summed E-state index contributed by atoms with van der Waals surface area (Å²) in [7, 11) is 2.05. The van der Waals surface area contributed by atoms with Crippen LogP contribution in [0.1, 0.15) is 43.6 Å². The van der Waals surface area contributed by atoms with Crippen molar-refractivity contribution in [1.82, 2.24) is 15.1 Å². The Morgan fingerprint density at radius 1 is 1.33 bits per heavy atom. The Kier molecular flexibility index (Phi) is 3.10. The van der Waals surface area contributed by atoms with Crippen LogP contribution in [-0.4, -0.2) is 15.8 Å². The van der Waals surface area contributed by atoms with Crippen molar-refractivity contribution in [2.24, 2.45) is 7.05 Å². The average molecular weight is 207 g/mol. The number of rotatable bonds is 5. The Labute approximate surface area is 91.9 Å². The van der Waals surface area contributed by atoms with Crippen molar-refractivity contribution >= 4 is 0 Å². The van der Waals surface area contributed by atoms with E-state index in [1.807, 2.05) is 4.68 Å². The highest BCUT2D eigenvalue weighted by molar-refractivity contribution is 5.26. The molecule has 1 aliphatic carbocycles. The third kappa shape index (κ3) is 2.23. The lowest BCUT2D eigenvalue weighted by atomic mass is 10.1. The summed E-state index contributed by atoms with van der Waals surface area (Å²) < 4.78 is 2.04. The Morgan fingerprint density at radius 2 is 2.07 bits per heavy atom. The predicted octanol–water partition coefficient (Wildman–Crippen LogP) is 1.80. The Hall–Kier alpha value is -0.830. The maximum absolute atomic E-state index is 4.57. The lowest BCUT2D eigenvalue weighted by Crippen LogP contribution is -2.17. The van der Waals surface area contributed by atoms with Gasteiger partial charge in [0, 0.05) is 30.9 Å². The minimum Gasteiger partial charge on any atom is -0.310 e. The molecule has 3 heteroatoms. The van der Waals surface area contributed by atoms with Crippen LogP contribution in [0.3, 0.4) is 0 Å². The van der Waals surface area contributed by atoms with E-state index in [9.17, 15) is 0 Å². The van der Waals surface area contributed by atoms with Crippen LogP contribution in [-0.2, 0) is 26.4 Å². The van der Waals surface area contributed by atoms with Crippen molar-refractivity contribution in [2.75, 3.05) is 0 Å². The van der Waals surface area contributed by atoms with E-state index in [1.165, 1.54) is 29.8 Å². The summed E-state index contributed by atoms with van der Waals surface area (Å²) in [6.45, 7) is 5.39. The van der Waals surface area contributed by atoms with Crippen LogP contribution in [0.2, 0.25) is 0 Å². The van der Waals surface area contributed by atoms with Crippen molar-refractivity contribution in [3.63, 3.8) is 0 Å². The molecular formula is C12H21N3. The molecule has 1 saturated carbocycles. The second-order valence-electron chi connectivity index (χ2n) is 4.36. The van der Waals surface area contributed by atoms with Gasteiger partial charge in [-0.1, -0.05) is 13.8 Å². The standard InChI is InChI=1S/C12H21N3/c1-4-11-10(8-13-9-6-7-9)12(5-2)15(3)14-11/h9,13H,4-8H2,1-3H3. The van der Waals surface area contributed by atoms with Gasteiger partial charge in [0.05, 0.1) is 5.69 Å². The van der Waals surface area contributed by atoms with E-state index in [0.29, 0.717) is 0 Å². The number of nitrogens with zero attached hydrogens (tertiary/aromatic N) is 2. The monoisotopic (exact) mass is 207 g/mol. The quantitative estimate of drug-likeness (QED) is 0.798. The predicted molar refractivity (Wildman–Crippen MR) is 61.8 cm³/mol. The van der Waals surface area contributed by atoms with Crippen LogP contribution in [0.4, 0.5) is 0 Å². The normalized spacial score (nSPS) is 15.9. The fourth-order valence-electron chi connectivity index (χ4n) is 2.13. The summed E-state index contributed by atoms with van der Waals surface area (Å²) in [6.07, 6.45) is 4.81. The van der Waals surface area contributed by atoms with Gasteiger partial charge < -0.3 is 5.32 Å². The lowest BCUT2D eigenvalue weighted by Gasteiger charge is -2.05. The Bertz CT molecular complexity index is 337. The molecule has 0 aromatic carbocycles. The fraction of sp³-hybridized carbons (Fsp3) is 0.750. The van der Waals surface area contributed by atoms with Gasteiger partial charge in [-0.3, -0.25) is 4.68 Å². The zero-order valence-electron chi connectivity index (χ0n) is 10.0. The molecule has 0 spiro atoms. The van der Waals surface area contributed by atoms with E-state index in [4.69, 9.17) is 0 Å². The largest absolute Gasteiger partial charge is 0.310 e. The molecule has 1 N–H and O–H groups in total. The first-order valence-electron chi connectivity index (χ1n) is 6.03. The maximum atomic E-state index is 4.57. The van der Waals surface area contributed by atoms with E-state index in [-0.39, 0.29) is 0 Å². The third-order valence-corrected chi connectivity index (χ3v) is 3.17. The van der Waals surface area contributed by atoms with E-state index < -0.39 is 0 Å². The summed E-state index contributed by atoms with van der Waals surface area (Å²) in [6, 6.07) is 0.777. The molecule has 1 aromatic rings. The van der Waals surface area contributed by atoms with Crippen LogP contribution < -0.4 is 5.32 Å². The minimum atomic E-state index is 0.777. The first kappa shape index (κ1) is 10.7. The summed E-state index contributed by atoms with van der Waals surface area (Å²) in [4.78, 5) is 0. The zero-order chi connectivity index (χ0) is 10.8. The highest BCUT2D eigenvalue weighted by Crippen LogP contribution is 2.21. The van der Waals surface area contributed by atoms with Gasteiger partial charge in [0.25, 0.3) is 0 Å². The molecule has 84 valence electrons. The molecule has 3 nitrogen and oxygen atoms in total. The van der Waals surface area contributed by atoms with Gasteiger partial charge in [-0.15, -0.1) is 0 Å². The highest BCUT2D eigenvalue weighted by Gasteiger charge is 2.22. The molecule has 0 atom stereocenters. The number of hydrogen-bond donors (Lipinski definition) is 1. The number of nitrogens with one attached hydrogen (secondary N) is 1. The molecule has 0 amide bonds. The molecule has 2 rings (SSSR count). The summed E-state index contributed by atoms with van der Waals surface area (Å²) in [5.41, 5.74) is 4.09. The highest BCUT2D eigenvalue weighted by atomic mass is 15.3. The molecule has 0 aliphatic heterocycles. The zero-order valence-corrected chi connectivity index (χ0v) is 10.0. The van der Waals surface area contributed by atoms with Crippen LogP contribution in [0.5, 0.6) is 0 Å². The fourth-order valence-corrected chi connectivity index (χ4v) is 2.13. The summed E-state index contributed by atoms with van der Waals surface area (Å²) in [5.74, 6) is 0. The second-order valence-corrected chi connectivity index (χ2v) is 4.36. The molecule has 0 saturated heterocycles. The minimum absolute atomic E-state index is 0.777. The van der Waals surface area contributed by atoms with E-state index >= 15 is 0 Å².